The standard InChI is InChI=1S/C18H21N5O2S/c1-13-19-20-16(26-13)22-10-8-18(9-11-22)15(24)21(2)17(25)23(18)12-14-6-4-3-5-7-14/h3-7H,8-12H2,1-2H3. The van der Waals surface area contributed by atoms with Crippen molar-refractivity contribution in [2.45, 2.75) is 31.8 Å². The fourth-order valence-electron chi connectivity index (χ4n) is 3.83. The lowest BCUT2D eigenvalue weighted by molar-refractivity contribution is -0.133. The lowest BCUT2D eigenvalue weighted by Crippen LogP contribution is -2.56. The van der Waals surface area contributed by atoms with Crippen molar-refractivity contribution in [2.24, 2.45) is 0 Å². The number of hydrogen-bond acceptors (Lipinski definition) is 6. The lowest BCUT2D eigenvalue weighted by Gasteiger charge is -2.42. The Morgan fingerprint density at radius 3 is 2.42 bits per heavy atom. The highest BCUT2D eigenvalue weighted by atomic mass is 32.1. The Bertz CT molecular complexity index is 829. The number of hydrogen-bond donors (Lipinski definition) is 0. The third-order valence-corrected chi connectivity index (χ3v) is 6.20. The van der Waals surface area contributed by atoms with Crippen LogP contribution < -0.4 is 4.90 Å². The van der Waals surface area contributed by atoms with Gasteiger partial charge in [-0.3, -0.25) is 9.69 Å². The third-order valence-electron chi connectivity index (χ3n) is 5.30. The Labute approximate surface area is 156 Å². The van der Waals surface area contributed by atoms with Crippen LogP contribution in [0.25, 0.3) is 0 Å². The van der Waals surface area contributed by atoms with Gasteiger partial charge in [0.05, 0.1) is 0 Å². The summed E-state index contributed by atoms with van der Waals surface area (Å²) in [6.07, 6.45) is 1.21. The minimum atomic E-state index is -0.752. The average Bonchev–Trinajstić information content (AvgIpc) is 3.17. The molecule has 0 atom stereocenters. The molecule has 0 radical (unpaired) electrons. The molecular formula is C18H21N5O2S. The van der Waals surface area contributed by atoms with E-state index in [-0.39, 0.29) is 11.9 Å². The zero-order valence-electron chi connectivity index (χ0n) is 14.9. The maximum absolute atomic E-state index is 13.0. The number of nitrogens with zero attached hydrogens (tertiary/aromatic N) is 5. The van der Waals surface area contributed by atoms with Crippen molar-refractivity contribution in [3.63, 3.8) is 0 Å². The average molecular weight is 371 g/mol. The number of aryl methyl sites for hydroxylation is 1. The zero-order chi connectivity index (χ0) is 18.3. The number of imide groups is 1. The number of likely N-dealkylation sites (N-methyl/N-ethyl adjacent to an activating group) is 1. The Morgan fingerprint density at radius 2 is 1.81 bits per heavy atom. The molecule has 0 bridgehead atoms. The number of rotatable bonds is 3. The van der Waals surface area contributed by atoms with Crippen molar-refractivity contribution in [1.29, 1.82) is 0 Å². The molecule has 0 saturated carbocycles. The summed E-state index contributed by atoms with van der Waals surface area (Å²) in [5, 5.41) is 10.1. The summed E-state index contributed by atoms with van der Waals surface area (Å²) in [6.45, 7) is 3.76. The molecule has 3 heterocycles. The van der Waals surface area contributed by atoms with Gasteiger partial charge in [-0.25, -0.2) is 4.79 Å². The number of anilines is 1. The molecule has 8 heteroatoms. The molecule has 1 aromatic heterocycles. The van der Waals surface area contributed by atoms with Crippen LogP contribution in [0, 0.1) is 6.92 Å². The summed E-state index contributed by atoms with van der Waals surface area (Å²) in [4.78, 5) is 30.9. The van der Waals surface area contributed by atoms with Gasteiger partial charge in [0.15, 0.2) is 0 Å². The van der Waals surface area contributed by atoms with Gasteiger partial charge < -0.3 is 9.80 Å². The first kappa shape index (κ1) is 17.0. The van der Waals surface area contributed by atoms with Crippen molar-refractivity contribution < 1.29 is 9.59 Å². The molecule has 4 rings (SSSR count). The van der Waals surface area contributed by atoms with Gasteiger partial charge >= 0.3 is 6.03 Å². The van der Waals surface area contributed by atoms with E-state index in [1.807, 2.05) is 37.3 Å². The predicted octanol–water partition coefficient (Wildman–Crippen LogP) is 2.28. The molecule has 1 aromatic carbocycles. The van der Waals surface area contributed by atoms with Crippen LogP contribution in [0.1, 0.15) is 23.4 Å². The van der Waals surface area contributed by atoms with E-state index < -0.39 is 5.54 Å². The predicted molar refractivity (Wildman–Crippen MR) is 99.0 cm³/mol. The van der Waals surface area contributed by atoms with E-state index in [1.54, 1.807) is 23.3 Å². The minimum Gasteiger partial charge on any atom is -0.346 e. The molecule has 2 aromatic rings. The molecule has 2 saturated heterocycles. The van der Waals surface area contributed by atoms with Gasteiger partial charge in [0.1, 0.15) is 10.5 Å². The minimum absolute atomic E-state index is 0.0912. The fourth-order valence-corrected chi connectivity index (χ4v) is 4.57. The maximum Gasteiger partial charge on any atom is 0.327 e. The first-order valence-corrected chi connectivity index (χ1v) is 9.52. The van der Waals surface area contributed by atoms with E-state index in [0.29, 0.717) is 32.5 Å². The molecular weight excluding hydrogens is 350 g/mol. The van der Waals surface area contributed by atoms with E-state index >= 15 is 0 Å². The van der Waals surface area contributed by atoms with Crippen LogP contribution >= 0.6 is 11.3 Å². The molecule has 136 valence electrons. The number of urea groups is 1. The molecule has 2 fully saturated rings. The van der Waals surface area contributed by atoms with Crippen LogP contribution in [0.5, 0.6) is 0 Å². The fraction of sp³-hybridized carbons (Fsp3) is 0.444. The largest absolute Gasteiger partial charge is 0.346 e. The zero-order valence-corrected chi connectivity index (χ0v) is 15.7. The van der Waals surface area contributed by atoms with Crippen molar-refractivity contribution >= 4 is 28.4 Å². The quantitative estimate of drug-likeness (QED) is 0.774. The summed E-state index contributed by atoms with van der Waals surface area (Å²) in [7, 11) is 1.58. The van der Waals surface area contributed by atoms with E-state index in [1.165, 1.54) is 4.90 Å². The molecule has 26 heavy (non-hydrogen) atoms. The van der Waals surface area contributed by atoms with Gasteiger partial charge in [-0.2, -0.15) is 0 Å². The van der Waals surface area contributed by atoms with Crippen molar-refractivity contribution in [1.82, 2.24) is 20.0 Å². The van der Waals surface area contributed by atoms with Crippen LogP contribution in [0.15, 0.2) is 30.3 Å². The molecule has 3 amide bonds. The summed E-state index contributed by atoms with van der Waals surface area (Å²) in [5.74, 6) is -0.0912. The number of piperidine rings is 1. The van der Waals surface area contributed by atoms with Crippen LogP contribution in [0.3, 0.4) is 0 Å². The smallest absolute Gasteiger partial charge is 0.327 e. The monoisotopic (exact) mass is 371 g/mol. The highest BCUT2D eigenvalue weighted by Gasteiger charge is 2.56. The van der Waals surface area contributed by atoms with Crippen molar-refractivity contribution in [2.75, 3.05) is 25.0 Å². The highest BCUT2D eigenvalue weighted by molar-refractivity contribution is 7.15. The molecule has 0 aliphatic carbocycles. The lowest BCUT2D eigenvalue weighted by atomic mass is 9.85. The first-order valence-electron chi connectivity index (χ1n) is 8.70. The number of carbonyl (C=O) groups is 2. The molecule has 0 N–H and O–H groups in total. The SMILES string of the molecule is Cc1nnc(N2CCC3(CC2)C(=O)N(C)C(=O)N3Cc2ccccc2)s1. The van der Waals surface area contributed by atoms with Crippen molar-refractivity contribution in [3.05, 3.63) is 40.9 Å². The first-order chi connectivity index (χ1) is 12.5. The molecule has 2 aliphatic rings. The van der Waals surface area contributed by atoms with Gasteiger partial charge in [0.25, 0.3) is 5.91 Å². The Kier molecular flexibility index (Phi) is 4.14. The second-order valence-electron chi connectivity index (χ2n) is 6.84. The number of amides is 3. The van der Waals surface area contributed by atoms with E-state index in [0.717, 1.165) is 15.7 Å². The van der Waals surface area contributed by atoms with E-state index in [9.17, 15) is 9.59 Å². The molecule has 2 aliphatic heterocycles. The van der Waals surface area contributed by atoms with Crippen LogP contribution in [-0.2, 0) is 11.3 Å². The Hall–Kier alpha value is -2.48. The maximum atomic E-state index is 13.0. The summed E-state index contributed by atoms with van der Waals surface area (Å²) in [6, 6.07) is 9.62. The van der Waals surface area contributed by atoms with E-state index in [4.69, 9.17) is 0 Å². The van der Waals surface area contributed by atoms with Crippen LogP contribution in [0.2, 0.25) is 0 Å². The number of carbonyl (C=O) groups excluding carboxylic acids is 2. The Balaban J connectivity index is 1.58. The number of benzene rings is 1. The third kappa shape index (κ3) is 2.65. The molecule has 1 spiro atoms. The van der Waals surface area contributed by atoms with Crippen LogP contribution in [0.4, 0.5) is 9.93 Å². The Morgan fingerprint density at radius 1 is 1.12 bits per heavy atom. The van der Waals surface area contributed by atoms with Gasteiger partial charge in [-0.1, -0.05) is 41.7 Å². The van der Waals surface area contributed by atoms with E-state index in [2.05, 4.69) is 15.1 Å². The molecule has 7 nitrogen and oxygen atoms in total. The highest BCUT2D eigenvalue weighted by Crippen LogP contribution is 2.39. The van der Waals surface area contributed by atoms with Gasteiger partial charge in [-0.15, -0.1) is 10.2 Å². The summed E-state index contributed by atoms with van der Waals surface area (Å²) in [5.41, 5.74) is 0.281. The second-order valence-corrected chi connectivity index (χ2v) is 8.00. The van der Waals surface area contributed by atoms with Crippen LogP contribution in [-0.4, -0.2) is 57.6 Å². The normalized spacial score (nSPS) is 19.7. The van der Waals surface area contributed by atoms with Crippen molar-refractivity contribution in [3.8, 4) is 0 Å². The second kappa shape index (κ2) is 6.35. The summed E-state index contributed by atoms with van der Waals surface area (Å²) < 4.78 is 0. The topological polar surface area (TPSA) is 69.6 Å². The number of aromatic nitrogens is 2. The van der Waals surface area contributed by atoms with Gasteiger partial charge in [0, 0.05) is 26.7 Å². The van der Waals surface area contributed by atoms with Gasteiger partial charge in [0.2, 0.25) is 5.13 Å². The van der Waals surface area contributed by atoms with Gasteiger partial charge in [-0.05, 0) is 25.3 Å². The summed E-state index contributed by atoms with van der Waals surface area (Å²) >= 11 is 1.56. The molecule has 0 unspecified atom stereocenters.